The van der Waals surface area contributed by atoms with Crippen molar-refractivity contribution in [2.75, 3.05) is 4.90 Å². The third kappa shape index (κ3) is 4.15. The third-order valence-electron chi connectivity index (χ3n) is 9.10. The summed E-state index contributed by atoms with van der Waals surface area (Å²) in [5.74, 6) is 0.578. The Hall–Kier alpha value is -6.59. The van der Waals surface area contributed by atoms with Crippen molar-refractivity contribution in [2.45, 2.75) is 0 Å². The Kier molecular flexibility index (Phi) is 5.81. The van der Waals surface area contributed by atoms with Crippen molar-refractivity contribution in [3.8, 4) is 22.6 Å². The van der Waals surface area contributed by atoms with E-state index in [-0.39, 0.29) is 0 Å². The number of rotatable bonds is 5. The third-order valence-corrected chi connectivity index (χ3v) is 9.10. The van der Waals surface area contributed by atoms with Gasteiger partial charge in [-0.25, -0.2) is 4.98 Å². The van der Waals surface area contributed by atoms with Crippen LogP contribution in [0.1, 0.15) is 0 Å². The number of hydrogen-bond donors (Lipinski definition) is 0. The van der Waals surface area contributed by atoms with Gasteiger partial charge in [0.15, 0.2) is 5.58 Å². The Labute approximate surface area is 274 Å². The van der Waals surface area contributed by atoms with Gasteiger partial charge in [-0.3, -0.25) is 0 Å². The molecule has 0 unspecified atom stereocenters. The first-order valence-corrected chi connectivity index (χ1v) is 16.0. The lowest BCUT2D eigenvalue weighted by molar-refractivity contribution is 0.620. The van der Waals surface area contributed by atoms with Gasteiger partial charge < -0.3 is 18.2 Å². The molecule has 0 N–H and O–H groups in total. The van der Waals surface area contributed by atoms with Gasteiger partial charge in [0, 0.05) is 56.3 Å². The number of fused-ring (bicyclic) bond motifs is 7. The molecule has 0 saturated heterocycles. The molecule has 10 rings (SSSR count). The van der Waals surface area contributed by atoms with Crippen LogP contribution in [0.5, 0.6) is 0 Å². The molecule has 5 nitrogen and oxygen atoms in total. The zero-order valence-corrected chi connectivity index (χ0v) is 25.6. The molecule has 0 spiro atoms. The van der Waals surface area contributed by atoms with Gasteiger partial charge in [-0.15, -0.1) is 0 Å². The van der Waals surface area contributed by atoms with Gasteiger partial charge in [0.1, 0.15) is 27.8 Å². The molecular formula is C43H26N2O3. The molecule has 3 heterocycles. The predicted molar refractivity (Wildman–Crippen MR) is 194 cm³/mol. The fraction of sp³-hybridized carbons (Fsp3) is 0. The lowest BCUT2D eigenvalue weighted by atomic mass is 9.99. The summed E-state index contributed by atoms with van der Waals surface area (Å²) in [5, 5.41) is 4.19. The summed E-state index contributed by atoms with van der Waals surface area (Å²) in [5.41, 5.74) is 11.1. The first kappa shape index (κ1) is 26.6. The molecule has 48 heavy (non-hydrogen) atoms. The van der Waals surface area contributed by atoms with Gasteiger partial charge in [0.05, 0.1) is 0 Å². The topological polar surface area (TPSA) is 55.6 Å². The summed E-state index contributed by atoms with van der Waals surface area (Å²) < 4.78 is 19.2. The SMILES string of the molecule is c1ccc(-c2cccc3oc4cc(N(c5ccccc5)c5ccc6c(c5)oc5cccc(-c7nc8ccccc8o7)c56)ccc4c23)cc1. The van der Waals surface area contributed by atoms with Crippen molar-refractivity contribution >= 4 is 72.0 Å². The van der Waals surface area contributed by atoms with E-state index < -0.39 is 0 Å². The van der Waals surface area contributed by atoms with Crippen LogP contribution in [0.25, 0.3) is 77.6 Å². The highest BCUT2D eigenvalue weighted by molar-refractivity contribution is 6.14. The van der Waals surface area contributed by atoms with Crippen LogP contribution in [0.3, 0.4) is 0 Å². The van der Waals surface area contributed by atoms with Gasteiger partial charge in [-0.2, -0.15) is 0 Å². The van der Waals surface area contributed by atoms with Crippen molar-refractivity contribution < 1.29 is 13.3 Å². The molecule has 7 aromatic carbocycles. The van der Waals surface area contributed by atoms with E-state index in [0.717, 1.165) is 83.2 Å². The lowest BCUT2D eigenvalue weighted by Crippen LogP contribution is -2.09. The van der Waals surface area contributed by atoms with Crippen LogP contribution < -0.4 is 4.90 Å². The Morgan fingerprint density at radius 2 is 0.958 bits per heavy atom. The van der Waals surface area contributed by atoms with Crippen molar-refractivity contribution in [2.24, 2.45) is 0 Å². The van der Waals surface area contributed by atoms with Crippen molar-refractivity contribution in [3.63, 3.8) is 0 Å². The lowest BCUT2D eigenvalue weighted by Gasteiger charge is -2.25. The molecule has 0 aliphatic heterocycles. The maximum absolute atomic E-state index is 6.50. The van der Waals surface area contributed by atoms with Crippen LogP contribution in [-0.2, 0) is 0 Å². The minimum atomic E-state index is 0.578. The van der Waals surface area contributed by atoms with Crippen LogP contribution in [0.2, 0.25) is 0 Å². The molecule has 10 aromatic rings. The second-order valence-corrected chi connectivity index (χ2v) is 11.9. The number of aromatic nitrogens is 1. The van der Waals surface area contributed by atoms with Gasteiger partial charge in [0.25, 0.3) is 0 Å². The second kappa shape index (κ2) is 10.5. The maximum atomic E-state index is 6.50. The number of nitrogens with zero attached hydrogens (tertiary/aromatic N) is 2. The number of furan rings is 2. The van der Waals surface area contributed by atoms with Crippen LogP contribution in [0.15, 0.2) is 171 Å². The molecule has 0 atom stereocenters. The summed E-state index contributed by atoms with van der Waals surface area (Å²) >= 11 is 0. The van der Waals surface area contributed by atoms with E-state index in [1.54, 1.807) is 0 Å². The average Bonchev–Trinajstić information content (AvgIpc) is 3.85. The van der Waals surface area contributed by atoms with Crippen LogP contribution in [-0.4, -0.2) is 4.98 Å². The monoisotopic (exact) mass is 618 g/mol. The van der Waals surface area contributed by atoms with Crippen molar-refractivity contribution in [1.82, 2.24) is 4.98 Å². The number of hydrogen-bond acceptors (Lipinski definition) is 5. The first-order valence-electron chi connectivity index (χ1n) is 16.0. The predicted octanol–water partition coefficient (Wildman–Crippen LogP) is 12.4. The molecule has 0 radical (unpaired) electrons. The van der Waals surface area contributed by atoms with Gasteiger partial charge in [-0.05, 0) is 77.9 Å². The van der Waals surface area contributed by atoms with E-state index in [4.69, 9.17) is 18.2 Å². The van der Waals surface area contributed by atoms with Crippen LogP contribution in [0, 0.1) is 0 Å². The minimum absolute atomic E-state index is 0.578. The second-order valence-electron chi connectivity index (χ2n) is 11.9. The van der Waals surface area contributed by atoms with E-state index in [1.807, 2.05) is 60.7 Å². The fourth-order valence-electron chi connectivity index (χ4n) is 6.96. The highest BCUT2D eigenvalue weighted by Gasteiger charge is 2.20. The smallest absolute Gasteiger partial charge is 0.228 e. The molecule has 0 bridgehead atoms. The van der Waals surface area contributed by atoms with Gasteiger partial charge in [0.2, 0.25) is 5.89 Å². The average molecular weight is 619 g/mol. The fourth-order valence-corrected chi connectivity index (χ4v) is 6.96. The van der Waals surface area contributed by atoms with E-state index in [9.17, 15) is 0 Å². The van der Waals surface area contributed by atoms with Crippen molar-refractivity contribution in [1.29, 1.82) is 0 Å². The number of oxazole rings is 1. The van der Waals surface area contributed by atoms with E-state index in [1.165, 1.54) is 5.56 Å². The maximum Gasteiger partial charge on any atom is 0.228 e. The van der Waals surface area contributed by atoms with Crippen molar-refractivity contribution in [3.05, 3.63) is 158 Å². The van der Waals surface area contributed by atoms with E-state index in [0.29, 0.717) is 5.89 Å². The molecule has 5 heteroatoms. The summed E-state index contributed by atoms with van der Waals surface area (Å²) in [7, 11) is 0. The summed E-state index contributed by atoms with van der Waals surface area (Å²) in [6.45, 7) is 0. The standard InChI is InChI=1S/C43H26N2O3/c1-3-11-27(12-4-1)31-15-9-19-37-41(31)32-23-21-29(25-39(32)46-37)45(28-13-5-2-6-14-28)30-22-24-33-40(26-30)47-38-20-10-16-34(42(33)38)43-44-35-17-7-8-18-36(35)48-43/h1-26H. The summed E-state index contributed by atoms with van der Waals surface area (Å²) in [6, 6.07) is 53.8. The molecule has 0 fully saturated rings. The molecule has 0 aliphatic carbocycles. The normalized spacial score (nSPS) is 11.8. The Balaban J connectivity index is 1.13. The number of anilines is 3. The largest absolute Gasteiger partial charge is 0.456 e. The molecule has 0 amide bonds. The number of para-hydroxylation sites is 3. The van der Waals surface area contributed by atoms with E-state index >= 15 is 0 Å². The van der Waals surface area contributed by atoms with Crippen LogP contribution in [0.4, 0.5) is 17.1 Å². The van der Waals surface area contributed by atoms with Gasteiger partial charge in [-0.1, -0.05) is 78.9 Å². The molecule has 0 saturated carbocycles. The summed E-state index contributed by atoms with van der Waals surface area (Å²) in [6.07, 6.45) is 0. The van der Waals surface area contributed by atoms with Crippen LogP contribution >= 0.6 is 0 Å². The Morgan fingerprint density at radius 1 is 0.396 bits per heavy atom. The minimum Gasteiger partial charge on any atom is -0.456 e. The Bertz CT molecular complexity index is 2760. The zero-order valence-electron chi connectivity index (χ0n) is 25.6. The highest BCUT2D eigenvalue weighted by Crippen LogP contribution is 2.43. The quantitative estimate of drug-likeness (QED) is 0.192. The summed E-state index contributed by atoms with van der Waals surface area (Å²) in [4.78, 5) is 7.02. The first-order chi connectivity index (χ1) is 23.8. The zero-order chi connectivity index (χ0) is 31.6. The van der Waals surface area contributed by atoms with E-state index in [2.05, 4.69) is 102 Å². The molecule has 3 aromatic heterocycles. The number of benzene rings is 7. The highest BCUT2D eigenvalue weighted by atomic mass is 16.4. The molecular weight excluding hydrogens is 592 g/mol. The molecule has 226 valence electrons. The Morgan fingerprint density at radius 3 is 1.62 bits per heavy atom. The van der Waals surface area contributed by atoms with Gasteiger partial charge >= 0.3 is 0 Å². The molecule has 0 aliphatic rings.